The van der Waals surface area contributed by atoms with Crippen LogP contribution in [-0.2, 0) is 27.7 Å². The summed E-state index contributed by atoms with van der Waals surface area (Å²) in [7, 11) is 0. The van der Waals surface area contributed by atoms with Crippen molar-refractivity contribution in [3.63, 3.8) is 0 Å². The van der Waals surface area contributed by atoms with E-state index in [2.05, 4.69) is 159 Å². The van der Waals surface area contributed by atoms with Crippen molar-refractivity contribution in [1.82, 2.24) is 0 Å². The maximum Gasteiger partial charge on any atom is 0.0716 e. The lowest BCUT2D eigenvalue weighted by Crippen LogP contribution is -2.42. The van der Waals surface area contributed by atoms with Crippen molar-refractivity contribution in [3.8, 4) is 33.4 Å². The van der Waals surface area contributed by atoms with E-state index in [0.29, 0.717) is 0 Å². The number of hydrogen-bond donors (Lipinski definition) is 0. The Labute approximate surface area is 355 Å². The molecule has 6 aromatic rings. The Bertz CT molecular complexity index is 2700. The fraction of sp³-hybridized carbons (Fsp3) is 0.286. The quantitative estimate of drug-likeness (QED) is 0.150. The first-order valence-corrected chi connectivity index (χ1v) is 22.1. The van der Waals surface area contributed by atoms with Crippen LogP contribution in [0, 0.1) is 27.7 Å². The van der Waals surface area contributed by atoms with Gasteiger partial charge in [-0.2, -0.15) is 0 Å². The van der Waals surface area contributed by atoms with Crippen LogP contribution in [-0.4, -0.2) is 52.6 Å². The summed E-state index contributed by atoms with van der Waals surface area (Å²) < 4.78 is 12.0. The molecule has 4 heteroatoms. The van der Waals surface area contributed by atoms with E-state index in [9.17, 15) is 0 Å². The lowest BCUT2D eigenvalue weighted by Gasteiger charge is -2.46. The van der Waals surface area contributed by atoms with Crippen LogP contribution in [0.15, 0.2) is 127 Å². The molecule has 0 amide bonds. The molecule has 4 nitrogen and oxygen atoms in total. The summed E-state index contributed by atoms with van der Waals surface area (Å²) >= 11 is 0. The molecule has 300 valence electrons. The van der Waals surface area contributed by atoms with Gasteiger partial charge >= 0.3 is 0 Å². The minimum absolute atomic E-state index is 0.655. The van der Waals surface area contributed by atoms with E-state index in [1.807, 2.05) is 0 Å². The summed E-state index contributed by atoms with van der Waals surface area (Å²) in [6, 6.07) is 40.4. The molecule has 6 aromatic carbocycles. The van der Waals surface area contributed by atoms with Crippen LogP contribution in [0.4, 0.5) is 11.4 Å². The smallest absolute Gasteiger partial charge is 0.0716 e. The Kier molecular flexibility index (Phi) is 9.21. The summed E-state index contributed by atoms with van der Waals surface area (Å²) in [5, 5.41) is 0. The van der Waals surface area contributed by atoms with Crippen LogP contribution in [0.1, 0.15) is 67.6 Å². The molecule has 2 aliphatic heterocycles. The molecule has 0 N–H and O–H groups in total. The summed E-state index contributed by atoms with van der Waals surface area (Å²) in [4.78, 5) is 5.20. The number of anilines is 2. The molecule has 0 unspecified atom stereocenters. The van der Waals surface area contributed by atoms with Gasteiger partial charge in [-0.15, -0.1) is 0 Å². The second-order valence-corrected chi connectivity index (χ2v) is 17.6. The Balaban J connectivity index is 1.32. The second kappa shape index (κ2) is 14.8. The van der Waals surface area contributed by atoms with Crippen LogP contribution in [0.3, 0.4) is 0 Å². The molecule has 0 spiro atoms. The van der Waals surface area contributed by atoms with Crippen molar-refractivity contribution in [2.24, 2.45) is 0 Å². The van der Waals surface area contributed by atoms with Gasteiger partial charge in [-0.3, -0.25) is 0 Å². The van der Waals surface area contributed by atoms with Crippen LogP contribution in [0.5, 0.6) is 0 Å². The van der Waals surface area contributed by atoms with Crippen molar-refractivity contribution >= 4 is 11.4 Å². The van der Waals surface area contributed by atoms with Gasteiger partial charge in [-0.25, -0.2) is 0 Å². The van der Waals surface area contributed by atoms with E-state index in [-0.39, 0.29) is 0 Å². The van der Waals surface area contributed by atoms with Crippen molar-refractivity contribution in [2.75, 3.05) is 62.4 Å². The fourth-order valence-corrected chi connectivity index (χ4v) is 11.5. The van der Waals surface area contributed by atoms with Gasteiger partial charge in [0.2, 0.25) is 0 Å². The predicted molar refractivity (Wildman–Crippen MR) is 248 cm³/mol. The third-order valence-electron chi connectivity index (χ3n) is 14.5. The number of rotatable bonds is 7. The molecule has 0 radical (unpaired) electrons. The predicted octanol–water partition coefficient (Wildman–Crippen LogP) is 11.6. The molecule has 0 saturated carbocycles. The Morgan fingerprint density at radius 1 is 0.517 bits per heavy atom. The van der Waals surface area contributed by atoms with E-state index < -0.39 is 5.41 Å². The van der Waals surface area contributed by atoms with Gasteiger partial charge in [-0.05, 0) is 159 Å². The summed E-state index contributed by atoms with van der Waals surface area (Å²) in [5.41, 5.74) is 27.0. The maximum absolute atomic E-state index is 6.01. The average molecular weight is 787 g/mol. The first-order chi connectivity index (χ1) is 29.4. The topological polar surface area (TPSA) is 24.9 Å². The zero-order valence-electron chi connectivity index (χ0n) is 35.5. The largest absolute Gasteiger partial charge is 0.378 e. The standard InChI is InChI=1S/C56H54N2O2/c1-36-31-41-35-48-47(46(41)32-37(36)2)33-38(3)39(4)54(48)45-22-21-44-43-16-8-5-13-40(43)34-49(44)55(45)56(42-14-6-7-15-42,50-17-9-11-19-52(50)57-23-27-59-28-24-57)51-18-10-12-20-53(51)58-25-29-60-30-26-58/h5-14,16-22,31-33H,15,23-30,34-35H2,1-4H3. The van der Waals surface area contributed by atoms with E-state index >= 15 is 0 Å². The zero-order valence-corrected chi connectivity index (χ0v) is 35.5. The minimum Gasteiger partial charge on any atom is -0.378 e. The molecule has 0 aromatic heterocycles. The highest BCUT2D eigenvalue weighted by Gasteiger charge is 2.48. The summed E-state index contributed by atoms with van der Waals surface area (Å²) in [6.45, 7) is 15.6. The van der Waals surface area contributed by atoms with Gasteiger partial charge in [0.05, 0.1) is 31.8 Å². The first kappa shape index (κ1) is 37.3. The molecule has 2 saturated heterocycles. The number of aryl methyl sites for hydroxylation is 3. The minimum atomic E-state index is -0.655. The number of morpholine rings is 2. The number of benzene rings is 6. The molecule has 60 heavy (non-hydrogen) atoms. The van der Waals surface area contributed by atoms with Crippen LogP contribution >= 0.6 is 0 Å². The van der Waals surface area contributed by atoms with Crippen molar-refractivity contribution < 1.29 is 9.47 Å². The van der Waals surface area contributed by atoms with E-state index in [0.717, 1.165) is 71.9 Å². The lowest BCUT2D eigenvalue weighted by molar-refractivity contribution is 0.122. The average Bonchev–Trinajstić information content (AvgIpc) is 4.04. The molecule has 2 heterocycles. The number of hydrogen-bond acceptors (Lipinski definition) is 4. The maximum atomic E-state index is 6.01. The molecular formula is C56H54N2O2. The molecule has 5 aliphatic rings. The van der Waals surface area contributed by atoms with Crippen LogP contribution in [0.25, 0.3) is 33.4 Å². The lowest BCUT2D eigenvalue weighted by atomic mass is 9.59. The monoisotopic (exact) mass is 786 g/mol. The summed E-state index contributed by atoms with van der Waals surface area (Å²) in [5.74, 6) is 0. The SMILES string of the molecule is Cc1cc2c(cc1C)-c1cc(C)c(C)c(-c3ccc4c(c3C(C3=CC=CC3)(c3ccccc3N3CCOCC3)c3ccccc3N3CCOCC3)Cc3ccccc3-4)c1C2. The molecular weight excluding hydrogens is 733 g/mol. The zero-order chi connectivity index (χ0) is 40.5. The molecule has 2 fully saturated rings. The van der Waals surface area contributed by atoms with Gasteiger partial charge in [0.15, 0.2) is 0 Å². The number of nitrogens with zero attached hydrogens (tertiary/aromatic N) is 2. The number of fused-ring (bicyclic) bond motifs is 6. The second-order valence-electron chi connectivity index (χ2n) is 17.6. The fourth-order valence-electron chi connectivity index (χ4n) is 11.5. The Hall–Kier alpha value is -5.68. The van der Waals surface area contributed by atoms with Gasteiger partial charge in [0.25, 0.3) is 0 Å². The highest BCUT2D eigenvalue weighted by Crippen LogP contribution is 2.60. The van der Waals surface area contributed by atoms with Crippen LogP contribution in [0.2, 0.25) is 0 Å². The number of para-hydroxylation sites is 2. The van der Waals surface area contributed by atoms with E-state index in [1.54, 1.807) is 0 Å². The third kappa shape index (κ3) is 5.71. The molecule has 0 atom stereocenters. The molecule has 0 bridgehead atoms. The third-order valence-corrected chi connectivity index (χ3v) is 14.5. The highest BCUT2D eigenvalue weighted by atomic mass is 16.5. The van der Waals surface area contributed by atoms with Gasteiger partial charge in [-0.1, -0.05) is 109 Å². The molecule has 11 rings (SSSR count). The van der Waals surface area contributed by atoms with Gasteiger partial charge < -0.3 is 19.3 Å². The van der Waals surface area contributed by atoms with E-state index in [1.165, 1.54) is 112 Å². The van der Waals surface area contributed by atoms with E-state index in [4.69, 9.17) is 9.47 Å². The molecule has 3 aliphatic carbocycles. The summed E-state index contributed by atoms with van der Waals surface area (Å²) in [6.07, 6.45) is 9.86. The first-order valence-electron chi connectivity index (χ1n) is 22.1. The van der Waals surface area contributed by atoms with Gasteiger partial charge in [0, 0.05) is 37.6 Å². The Morgan fingerprint density at radius 3 is 1.77 bits per heavy atom. The Morgan fingerprint density at radius 2 is 1.10 bits per heavy atom. The van der Waals surface area contributed by atoms with Crippen molar-refractivity contribution in [3.05, 3.63) is 188 Å². The van der Waals surface area contributed by atoms with Gasteiger partial charge in [0.1, 0.15) is 0 Å². The number of allylic oxidation sites excluding steroid dienone is 4. The number of ether oxygens (including phenoxy) is 2. The van der Waals surface area contributed by atoms with Crippen molar-refractivity contribution in [2.45, 2.75) is 52.4 Å². The van der Waals surface area contributed by atoms with Crippen molar-refractivity contribution in [1.29, 1.82) is 0 Å². The van der Waals surface area contributed by atoms with Crippen LogP contribution < -0.4 is 9.80 Å². The normalized spacial score (nSPS) is 16.8. The highest BCUT2D eigenvalue weighted by molar-refractivity contribution is 5.94.